The molecule has 5 rings (SSSR count). The Bertz CT molecular complexity index is 1140. The van der Waals surface area contributed by atoms with Crippen LogP contribution in [0, 0.1) is 0 Å². The summed E-state index contributed by atoms with van der Waals surface area (Å²) < 4.78 is 5.50. The summed E-state index contributed by atoms with van der Waals surface area (Å²) in [4.78, 5) is 28.1. The lowest BCUT2D eigenvalue weighted by Crippen LogP contribution is -2.41. The highest BCUT2D eigenvalue weighted by Gasteiger charge is 2.44. The van der Waals surface area contributed by atoms with Gasteiger partial charge in [0.1, 0.15) is 11.4 Å². The number of hydrogen-bond acceptors (Lipinski definition) is 5. The predicted octanol–water partition coefficient (Wildman–Crippen LogP) is 5.68. The van der Waals surface area contributed by atoms with Crippen molar-refractivity contribution < 1.29 is 9.53 Å². The molecule has 1 fully saturated rings. The summed E-state index contributed by atoms with van der Waals surface area (Å²) in [6.07, 6.45) is 8.96. The summed E-state index contributed by atoms with van der Waals surface area (Å²) in [5.41, 5.74) is 4.05. The van der Waals surface area contributed by atoms with Crippen molar-refractivity contribution >= 4 is 17.1 Å². The average Bonchev–Trinajstić information content (AvgIpc) is 3.43. The van der Waals surface area contributed by atoms with Crippen molar-refractivity contribution in [2.24, 2.45) is 0 Å². The number of fused-ring (bicyclic) bond motifs is 2. The molecule has 7 nitrogen and oxygen atoms in total. The maximum Gasteiger partial charge on any atom is 0.408 e. The normalized spacial score (nSPS) is 18.9. The summed E-state index contributed by atoms with van der Waals surface area (Å²) >= 11 is 0. The van der Waals surface area contributed by atoms with Gasteiger partial charge in [0.25, 0.3) is 0 Å². The van der Waals surface area contributed by atoms with Gasteiger partial charge < -0.3 is 15.0 Å². The molecule has 1 atom stereocenters. The van der Waals surface area contributed by atoms with Crippen LogP contribution in [-0.4, -0.2) is 43.6 Å². The van der Waals surface area contributed by atoms with E-state index in [2.05, 4.69) is 33.4 Å². The Morgan fingerprint density at radius 2 is 2.06 bits per heavy atom. The minimum Gasteiger partial charge on any atom is -0.444 e. The van der Waals surface area contributed by atoms with E-state index in [1.165, 1.54) is 17.7 Å². The molecule has 0 aliphatic heterocycles. The van der Waals surface area contributed by atoms with E-state index >= 15 is 0 Å². The third-order valence-corrected chi connectivity index (χ3v) is 7.12. The molecule has 1 aromatic carbocycles. The molecular weight excluding hydrogens is 438 g/mol. The van der Waals surface area contributed by atoms with Crippen molar-refractivity contribution in [3.63, 3.8) is 0 Å². The van der Waals surface area contributed by atoms with Crippen LogP contribution in [0.15, 0.2) is 42.6 Å². The molecule has 1 amide bonds. The van der Waals surface area contributed by atoms with Gasteiger partial charge in [-0.15, -0.1) is 0 Å². The van der Waals surface area contributed by atoms with Crippen LogP contribution in [0.2, 0.25) is 0 Å². The first kappa shape index (κ1) is 23.8. The fraction of sp³-hybridized carbons (Fsp3) is 0.536. The van der Waals surface area contributed by atoms with Crippen LogP contribution in [0.3, 0.4) is 0 Å². The number of imidazole rings is 1. The Kier molecular flexibility index (Phi) is 6.53. The van der Waals surface area contributed by atoms with E-state index in [4.69, 9.17) is 14.7 Å². The van der Waals surface area contributed by atoms with Gasteiger partial charge in [-0.25, -0.2) is 9.78 Å². The van der Waals surface area contributed by atoms with E-state index in [9.17, 15) is 4.79 Å². The van der Waals surface area contributed by atoms with Gasteiger partial charge in [-0.3, -0.25) is 9.88 Å². The van der Waals surface area contributed by atoms with Crippen LogP contribution in [0.1, 0.15) is 82.4 Å². The number of carbonyl (C=O) groups excluding carboxylic acids is 1. The van der Waals surface area contributed by atoms with E-state index < -0.39 is 5.60 Å². The minimum absolute atomic E-state index is 0.115. The van der Waals surface area contributed by atoms with Gasteiger partial charge in [-0.2, -0.15) is 0 Å². The molecule has 0 saturated heterocycles. The Morgan fingerprint density at radius 1 is 1.23 bits per heavy atom. The third kappa shape index (κ3) is 5.84. The molecule has 2 N–H and O–H groups in total. The molecule has 3 aromatic rings. The number of carbonyl (C=O) groups is 1. The number of hydrogen-bond donors (Lipinski definition) is 2. The van der Waals surface area contributed by atoms with Crippen LogP contribution in [0.25, 0.3) is 11.0 Å². The fourth-order valence-corrected chi connectivity index (χ4v) is 5.29. The minimum atomic E-state index is -0.481. The quantitative estimate of drug-likeness (QED) is 0.438. The number of benzene rings is 1. The first-order valence-corrected chi connectivity index (χ1v) is 12.9. The smallest absolute Gasteiger partial charge is 0.408 e. The SMILES string of the molecule is CC(C)(C)OC(=O)NC1(CCCN(Cc2nc3ccccc3[nH]2)C2CCCc3cccnc32)CC1. The van der Waals surface area contributed by atoms with Crippen molar-refractivity contribution in [2.75, 3.05) is 6.54 Å². The van der Waals surface area contributed by atoms with Gasteiger partial charge in [0.15, 0.2) is 0 Å². The highest BCUT2D eigenvalue weighted by Crippen LogP contribution is 2.41. The Labute approximate surface area is 207 Å². The number of nitrogens with one attached hydrogen (secondary N) is 2. The van der Waals surface area contributed by atoms with E-state index in [0.29, 0.717) is 0 Å². The molecule has 2 aliphatic carbocycles. The number of pyridine rings is 1. The maximum absolute atomic E-state index is 12.4. The molecule has 2 heterocycles. The van der Waals surface area contributed by atoms with E-state index in [0.717, 1.165) is 68.5 Å². The Morgan fingerprint density at radius 3 is 2.83 bits per heavy atom. The number of aryl methyl sites for hydroxylation is 1. The molecule has 0 bridgehead atoms. The first-order chi connectivity index (χ1) is 16.8. The van der Waals surface area contributed by atoms with Crippen molar-refractivity contribution in [3.05, 3.63) is 59.7 Å². The number of amides is 1. The molecular formula is C28H37N5O2. The molecule has 2 aromatic heterocycles. The van der Waals surface area contributed by atoms with Gasteiger partial charge in [-0.1, -0.05) is 18.2 Å². The van der Waals surface area contributed by atoms with E-state index in [1.807, 2.05) is 45.2 Å². The number of alkyl carbamates (subject to hydrolysis) is 1. The van der Waals surface area contributed by atoms with Crippen molar-refractivity contribution in [1.82, 2.24) is 25.2 Å². The summed E-state index contributed by atoms with van der Waals surface area (Å²) in [6.45, 7) is 7.38. The highest BCUT2D eigenvalue weighted by molar-refractivity contribution is 5.74. The van der Waals surface area contributed by atoms with Gasteiger partial charge in [0.05, 0.1) is 29.3 Å². The Hall–Kier alpha value is -2.93. The van der Waals surface area contributed by atoms with Crippen LogP contribution in [0.5, 0.6) is 0 Å². The second kappa shape index (κ2) is 9.61. The maximum atomic E-state index is 12.4. The molecule has 1 unspecified atom stereocenters. The fourth-order valence-electron chi connectivity index (χ4n) is 5.29. The van der Waals surface area contributed by atoms with Crippen LogP contribution >= 0.6 is 0 Å². The molecule has 35 heavy (non-hydrogen) atoms. The van der Waals surface area contributed by atoms with Gasteiger partial charge in [0, 0.05) is 11.7 Å². The number of ether oxygens (including phenoxy) is 1. The number of aromatic nitrogens is 3. The number of H-pyrrole nitrogens is 1. The van der Waals surface area contributed by atoms with E-state index in [1.54, 1.807) is 0 Å². The second-order valence-electron chi connectivity index (χ2n) is 11.1. The lowest BCUT2D eigenvalue weighted by molar-refractivity contribution is 0.0491. The number of aromatic amines is 1. The van der Waals surface area contributed by atoms with Gasteiger partial charge >= 0.3 is 6.09 Å². The van der Waals surface area contributed by atoms with E-state index in [-0.39, 0.29) is 17.7 Å². The number of nitrogens with zero attached hydrogens (tertiary/aromatic N) is 3. The average molecular weight is 476 g/mol. The Balaban J connectivity index is 1.29. The molecule has 1 saturated carbocycles. The standard InChI is InChI=1S/C28H37N5O2/c1-27(2,3)35-26(34)32-28(15-16-28)14-8-18-33(19-24-30-21-11-4-5-12-22(21)31-24)23-13-6-9-20-10-7-17-29-25(20)23/h4-5,7,10-12,17,23H,6,8-9,13-16,18-19H2,1-3H3,(H,30,31)(H,32,34). The monoisotopic (exact) mass is 475 g/mol. The predicted molar refractivity (Wildman–Crippen MR) is 137 cm³/mol. The third-order valence-electron chi connectivity index (χ3n) is 7.12. The van der Waals surface area contributed by atoms with Crippen LogP contribution < -0.4 is 5.32 Å². The largest absolute Gasteiger partial charge is 0.444 e. The lowest BCUT2D eigenvalue weighted by Gasteiger charge is -2.35. The summed E-state index contributed by atoms with van der Waals surface area (Å²) in [7, 11) is 0. The molecule has 0 spiro atoms. The number of para-hydroxylation sites is 2. The van der Waals surface area contributed by atoms with Gasteiger partial charge in [0.2, 0.25) is 0 Å². The molecule has 0 radical (unpaired) electrons. The second-order valence-corrected chi connectivity index (χ2v) is 11.1. The van der Waals surface area contributed by atoms with Crippen molar-refractivity contribution in [1.29, 1.82) is 0 Å². The van der Waals surface area contributed by atoms with Gasteiger partial charge in [-0.05, 0) is 96.0 Å². The molecule has 7 heteroatoms. The van der Waals surface area contributed by atoms with Crippen molar-refractivity contribution in [3.8, 4) is 0 Å². The zero-order valence-electron chi connectivity index (χ0n) is 21.1. The summed E-state index contributed by atoms with van der Waals surface area (Å²) in [6, 6.07) is 12.7. The van der Waals surface area contributed by atoms with Crippen LogP contribution in [-0.2, 0) is 17.7 Å². The topological polar surface area (TPSA) is 83.1 Å². The zero-order chi connectivity index (χ0) is 24.5. The summed E-state index contributed by atoms with van der Waals surface area (Å²) in [5, 5.41) is 3.15. The first-order valence-electron chi connectivity index (χ1n) is 12.9. The summed E-state index contributed by atoms with van der Waals surface area (Å²) in [5.74, 6) is 0.988. The molecule has 186 valence electrons. The lowest BCUT2D eigenvalue weighted by atomic mass is 9.90. The van der Waals surface area contributed by atoms with Crippen molar-refractivity contribution in [2.45, 2.75) is 89.4 Å². The highest BCUT2D eigenvalue weighted by atomic mass is 16.6. The van der Waals surface area contributed by atoms with Crippen LogP contribution in [0.4, 0.5) is 4.79 Å². The molecule has 2 aliphatic rings. The number of rotatable bonds is 8. The zero-order valence-corrected chi connectivity index (χ0v) is 21.1.